The van der Waals surface area contributed by atoms with Crippen molar-refractivity contribution >= 4 is 40.4 Å². The quantitative estimate of drug-likeness (QED) is 0.652. The Hall–Kier alpha value is -3.03. The molecule has 0 spiro atoms. The topological polar surface area (TPSA) is 76.7 Å². The van der Waals surface area contributed by atoms with E-state index in [9.17, 15) is 9.59 Å². The number of thiophene rings is 1. The number of fused-ring (bicyclic) bond motifs is 1. The highest BCUT2D eigenvalue weighted by atomic mass is 35.5. The monoisotopic (exact) mass is 414 g/mol. The SMILES string of the molecule is O=C(NCc1ccc2c(c1)OCO2)c1ccc(Cl)c(NC(=O)c2cccs2)c1. The maximum atomic E-state index is 12.5. The van der Waals surface area contributed by atoms with Crippen LogP contribution >= 0.6 is 22.9 Å². The molecule has 3 aromatic rings. The van der Waals surface area contributed by atoms with Gasteiger partial charge in [0.05, 0.1) is 15.6 Å². The van der Waals surface area contributed by atoms with Crippen LogP contribution in [-0.2, 0) is 6.54 Å². The highest BCUT2D eigenvalue weighted by molar-refractivity contribution is 7.12. The lowest BCUT2D eigenvalue weighted by atomic mass is 10.1. The summed E-state index contributed by atoms with van der Waals surface area (Å²) in [6.45, 7) is 0.533. The van der Waals surface area contributed by atoms with E-state index in [1.165, 1.54) is 11.3 Å². The summed E-state index contributed by atoms with van der Waals surface area (Å²) in [6.07, 6.45) is 0. The van der Waals surface area contributed by atoms with Gasteiger partial charge in [0.15, 0.2) is 11.5 Å². The van der Waals surface area contributed by atoms with Gasteiger partial charge < -0.3 is 20.1 Å². The molecule has 2 heterocycles. The van der Waals surface area contributed by atoms with Crippen LogP contribution in [0.4, 0.5) is 5.69 Å². The van der Waals surface area contributed by atoms with E-state index in [2.05, 4.69) is 10.6 Å². The van der Waals surface area contributed by atoms with Gasteiger partial charge in [0.1, 0.15) is 0 Å². The highest BCUT2D eigenvalue weighted by Gasteiger charge is 2.15. The van der Waals surface area contributed by atoms with Crippen LogP contribution in [0.2, 0.25) is 5.02 Å². The van der Waals surface area contributed by atoms with Crippen LogP contribution in [0.1, 0.15) is 25.6 Å². The third-order valence-electron chi connectivity index (χ3n) is 4.11. The summed E-state index contributed by atoms with van der Waals surface area (Å²) in [5, 5.41) is 7.76. The van der Waals surface area contributed by atoms with Crippen LogP contribution in [-0.4, -0.2) is 18.6 Å². The molecule has 6 nitrogen and oxygen atoms in total. The lowest BCUT2D eigenvalue weighted by molar-refractivity contribution is 0.0949. The molecule has 0 radical (unpaired) electrons. The van der Waals surface area contributed by atoms with E-state index < -0.39 is 0 Å². The summed E-state index contributed by atoms with van der Waals surface area (Å²) in [5.74, 6) is 0.812. The molecule has 0 unspecified atom stereocenters. The van der Waals surface area contributed by atoms with Crippen molar-refractivity contribution in [2.45, 2.75) is 6.54 Å². The molecule has 142 valence electrons. The van der Waals surface area contributed by atoms with Crippen LogP contribution in [0.15, 0.2) is 53.9 Å². The van der Waals surface area contributed by atoms with Gasteiger partial charge in [-0.2, -0.15) is 0 Å². The lowest BCUT2D eigenvalue weighted by Crippen LogP contribution is -2.23. The Morgan fingerprint density at radius 3 is 2.71 bits per heavy atom. The van der Waals surface area contributed by atoms with Crippen LogP contribution in [0.25, 0.3) is 0 Å². The molecule has 28 heavy (non-hydrogen) atoms. The second-order valence-corrected chi connectivity index (χ2v) is 7.35. The third kappa shape index (κ3) is 3.95. The number of hydrogen-bond donors (Lipinski definition) is 2. The number of carbonyl (C=O) groups is 2. The molecule has 0 bridgehead atoms. The maximum Gasteiger partial charge on any atom is 0.265 e. The average Bonchev–Trinajstić information content (AvgIpc) is 3.39. The minimum Gasteiger partial charge on any atom is -0.454 e. The van der Waals surface area contributed by atoms with Gasteiger partial charge in [0.2, 0.25) is 6.79 Å². The first-order valence-corrected chi connectivity index (χ1v) is 9.67. The van der Waals surface area contributed by atoms with E-state index >= 15 is 0 Å². The first kappa shape index (κ1) is 18.3. The van der Waals surface area contributed by atoms with Gasteiger partial charge in [-0.3, -0.25) is 9.59 Å². The second-order valence-electron chi connectivity index (χ2n) is 6.00. The summed E-state index contributed by atoms with van der Waals surface area (Å²) >= 11 is 7.49. The molecule has 0 saturated carbocycles. The van der Waals surface area contributed by atoms with Crippen molar-refractivity contribution in [2.75, 3.05) is 12.1 Å². The largest absolute Gasteiger partial charge is 0.454 e. The molecular formula is C20H15ClN2O4S. The fraction of sp³-hybridized carbons (Fsp3) is 0.100. The van der Waals surface area contributed by atoms with Gasteiger partial charge in [-0.15, -0.1) is 11.3 Å². The number of anilines is 1. The first-order valence-electron chi connectivity index (χ1n) is 8.41. The summed E-state index contributed by atoms with van der Waals surface area (Å²) in [5.41, 5.74) is 1.67. The number of nitrogens with one attached hydrogen (secondary N) is 2. The van der Waals surface area contributed by atoms with Gasteiger partial charge in [-0.1, -0.05) is 23.7 Å². The predicted molar refractivity (Wildman–Crippen MR) is 107 cm³/mol. The molecule has 0 saturated heterocycles. The number of halogens is 1. The number of carbonyl (C=O) groups excluding carboxylic acids is 2. The summed E-state index contributed by atoms with van der Waals surface area (Å²) in [4.78, 5) is 25.3. The number of ether oxygens (including phenoxy) is 2. The number of amides is 2. The van der Waals surface area contributed by atoms with Crippen molar-refractivity contribution < 1.29 is 19.1 Å². The van der Waals surface area contributed by atoms with E-state index in [0.717, 1.165) is 5.56 Å². The second kappa shape index (κ2) is 7.92. The van der Waals surface area contributed by atoms with Crippen LogP contribution < -0.4 is 20.1 Å². The van der Waals surface area contributed by atoms with Gasteiger partial charge in [-0.05, 0) is 47.3 Å². The minimum absolute atomic E-state index is 0.204. The third-order valence-corrected chi connectivity index (χ3v) is 5.31. The number of rotatable bonds is 5. The smallest absolute Gasteiger partial charge is 0.265 e. The van der Waals surface area contributed by atoms with E-state index in [4.69, 9.17) is 21.1 Å². The zero-order valence-corrected chi connectivity index (χ0v) is 16.1. The van der Waals surface area contributed by atoms with E-state index in [1.807, 2.05) is 23.6 Å². The Morgan fingerprint density at radius 1 is 1.04 bits per heavy atom. The minimum atomic E-state index is -0.277. The van der Waals surface area contributed by atoms with Gasteiger partial charge >= 0.3 is 0 Å². The van der Waals surface area contributed by atoms with Crippen LogP contribution in [0.5, 0.6) is 11.5 Å². The number of hydrogen-bond acceptors (Lipinski definition) is 5. The molecule has 2 amide bonds. The van der Waals surface area contributed by atoms with Crippen molar-refractivity contribution in [3.63, 3.8) is 0 Å². The predicted octanol–water partition coefficient (Wildman–Crippen LogP) is 4.31. The Kier molecular flexibility index (Phi) is 5.18. The average molecular weight is 415 g/mol. The Balaban J connectivity index is 1.43. The van der Waals surface area contributed by atoms with Crippen molar-refractivity contribution in [1.82, 2.24) is 5.32 Å². The van der Waals surface area contributed by atoms with Gasteiger partial charge in [-0.25, -0.2) is 0 Å². The molecule has 2 N–H and O–H groups in total. The molecule has 0 fully saturated rings. The van der Waals surface area contributed by atoms with Crippen LogP contribution in [0.3, 0.4) is 0 Å². The first-order chi connectivity index (χ1) is 13.6. The molecule has 1 aliphatic rings. The summed E-state index contributed by atoms with van der Waals surface area (Å²) in [6, 6.07) is 13.8. The Labute approximate surface area is 170 Å². The molecule has 1 aromatic heterocycles. The van der Waals surface area contributed by atoms with Gasteiger partial charge in [0.25, 0.3) is 11.8 Å². The normalized spacial score (nSPS) is 11.9. The zero-order chi connectivity index (χ0) is 19.5. The van der Waals surface area contributed by atoms with Crippen molar-refractivity contribution in [2.24, 2.45) is 0 Å². The van der Waals surface area contributed by atoms with Crippen LogP contribution in [0, 0.1) is 0 Å². The van der Waals surface area contributed by atoms with Crippen molar-refractivity contribution in [3.8, 4) is 11.5 Å². The molecule has 2 aromatic carbocycles. The molecule has 0 atom stereocenters. The zero-order valence-electron chi connectivity index (χ0n) is 14.5. The number of benzene rings is 2. The fourth-order valence-electron chi connectivity index (χ4n) is 2.69. The van der Waals surface area contributed by atoms with E-state index in [1.54, 1.807) is 30.3 Å². The lowest BCUT2D eigenvalue weighted by Gasteiger charge is -2.10. The standard InChI is InChI=1S/C20H15ClN2O4S/c21-14-5-4-13(9-15(14)23-20(25)18-2-1-7-28-18)19(24)22-10-12-3-6-16-17(8-12)27-11-26-16/h1-9H,10-11H2,(H,22,24)(H,23,25). The van der Waals surface area contributed by atoms with Gasteiger partial charge in [0, 0.05) is 12.1 Å². The van der Waals surface area contributed by atoms with E-state index in [0.29, 0.717) is 39.2 Å². The van der Waals surface area contributed by atoms with Crippen molar-refractivity contribution in [3.05, 3.63) is 74.9 Å². The molecular weight excluding hydrogens is 400 g/mol. The maximum absolute atomic E-state index is 12.5. The molecule has 1 aliphatic heterocycles. The van der Waals surface area contributed by atoms with E-state index in [-0.39, 0.29) is 18.6 Å². The summed E-state index contributed by atoms with van der Waals surface area (Å²) in [7, 11) is 0. The Morgan fingerprint density at radius 2 is 1.89 bits per heavy atom. The molecule has 8 heteroatoms. The van der Waals surface area contributed by atoms with Crippen molar-refractivity contribution in [1.29, 1.82) is 0 Å². The Bertz CT molecular complexity index is 1040. The highest BCUT2D eigenvalue weighted by Crippen LogP contribution is 2.32. The summed E-state index contributed by atoms with van der Waals surface area (Å²) < 4.78 is 10.6. The fourth-order valence-corrected chi connectivity index (χ4v) is 3.47. The molecule has 4 rings (SSSR count). The molecule has 0 aliphatic carbocycles.